The molecule has 0 aromatic heterocycles. The molecule has 2 N–H and O–H groups in total. The average molecular weight is 272 g/mol. The highest BCUT2D eigenvalue weighted by molar-refractivity contribution is 9.10. The van der Waals surface area contributed by atoms with Crippen LogP contribution in [0.25, 0.3) is 0 Å². The summed E-state index contributed by atoms with van der Waals surface area (Å²) < 4.78 is 0.979. The molecule has 1 unspecified atom stereocenters. The van der Waals surface area contributed by atoms with E-state index >= 15 is 0 Å². The first-order valence-electron chi connectivity index (χ1n) is 4.80. The first kappa shape index (κ1) is 12.0. The maximum atomic E-state index is 10.9. The molecule has 0 radical (unpaired) electrons. The number of carboxylic acid groups (broad SMARTS) is 1. The summed E-state index contributed by atoms with van der Waals surface area (Å²) in [6.45, 7) is 3.79. The van der Waals surface area contributed by atoms with Gasteiger partial charge in [-0.25, -0.2) is 4.79 Å². The van der Waals surface area contributed by atoms with Crippen LogP contribution in [-0.4, -0.2) is 17.1 Å². The molecule has 0 saturated carbocycles. The Morgan fingerprint density at radius 2 is 2.27 bits per heavy atom. The molecule has 0 aliphatic carbocycles. The van der Waals surface area contributed by atoms with Crippen LogP contribution in [0.1, 0.15) is 18.9 Å². The zero-order chi connectivity index (χ0) is 11.4. The number of carboxylic acids is 1. The fourth-order valence-corrected chi connectivity index (χ4v) is 1.66. The minimum Gasteiger partial charge on any atom is -0.480 e. The molecule has 0 heterocycles. The number of aliphatic carboxylic acids is 1. The lowest BCUT2D eigenvalue weighted by Gasteiger charge is -2.16. The van der Waals surface area contributed by atoms with Crippen LogP contribution in [0.4, 0.5) is 5.69 Å². The van der Waals surface area contributed by atoms with Gasteiger partial charge in [0.25, 0.3) is 0 Å². The van der Waals surface area contributed by atoms with Crippen molar-refractivity contribution in [1.29, 1.82) is 0 Å². The molecular weight excluding hydrogens is 258 g/mol. The number of benzene rings is 1. The van der Waals surface area contributed by atoms with Crippen LogP contribution >= 0.6 is 15.9 Å². The zero-order valence-corrected chi connectivity index (χ0v) is 10.3. The van der Waals surface area contributed by atoms with E-state index in [4.69, 9.17) is 5.11 Å². The summed E-state index contributed by atoms with van der Waals surface area (Å²) >= 11 is 3.41. The lowest BCUT2D eigenvalue weighted by molar-refractivity contribution is -0.137. The molecule has 1 aromatic carbocycles. The maximum Gasteiger partial charge on any atom is 0.326 e. The van der Waals surface area contributed by atoms with Crippen LogP contribution in [-0.2, 0) is 4.79 Å². The Hall–Kier alpha value is -1.03. The molecule has 0 amide bonds. The van der Waals surface area contributed by atoms with Crippen molar-refractivity contribution in [3.8, 4) is 0 Å². The minimum atomic E-state index is -0.822. The Kier molecular flexibility index (Phi) is 4.15. The number of hydrogen-bond acceptors (Lipinski definition) is 2. The van der Waals surface area contributed by atoms with Crippen molar-refractivity contribution in [2.45, 2.75) is 26.3 Å². The highest BCUT2D eigenvalue weighted by atomic mass is 79.9. The van der Waals surface area contributed by atoms with E-state index < -0.39 is 12.0 Å². The van der Waals surface area contributed by atoms with Crippen LogP contribution in [0.5, 0.6) is 0 Å². The van der Waals surface area contributed by atoms with Gasteiger partial charge in [-0.05, 0) is 31.0 Å². The van der Waals surface area contributed by atoms with Crippen molar-refractivity contribution in [3.05, 3.63) is 28.2 Å². The molecule has 0 fully saturated rings. The predicted molar refractivity (Wildman–Crippen MR) is 64.2 cm³/mol. The molecule has 1 aromatic rings. The molecule has 0 aliphatic rings. The van der Waals surface area contributed by atoms with Crippen molar-refractivity contribution in [2.24, 2.45) is 0 Å². The van der Waals surface area contributed by atoms with Gasteiger partial charge < -0.3 is 10.4 Å². The van der Waals surface area contributed by atoms with Crippen LogP contribution in [0.15, 0.2) is 22.7 Å². The summed E-state index contributed by atoms with van der Waals surface area (Å²) in [5.74, 6) is -0.822. The van der Waals surface area contributed by atoms with Gasteiger partial charge in [0, 0.05) is 10.2 Å². The van der Waals surface area contributed by atoms with Gasteiger partial charge in [-0.3, -0.25) is 0 Å². The van der Waals surface area contributed by atoms with Crippen LogP contribution in [0, 0.1) is 6.92 Å². The highest BCUT2D eigenvalue weighted by Crippen LogP contribution is 2.24. The van der Waals surface area contributed by atoms with E-state index in [9.17, 15) is 4.79 Å². The smallest absolute Gasteiger partial charge is 0.326 e. The van der Waals surface area contributed by atoms with Crippen molar-refractivity contribution < 1.29 is 9.90 Å². The zero-order valence-electron chi connectivity index (χ0n) is 8.75. The third kappa shape index (κ3) is 2.96. The molecule has 82 valence electrons. The third-order valence-corrected chi connectivity index (χ3v) is 3.16. The van der Waals surface area contributed by atoms with Gasteiger partial charge in [0.2, 0.25) is 0 Å². The summed E-state index contributed by atoms with van der Waals surface area (Å²) in [5, 5.41) is 11.9. The first-order chi connectivity index (χ1) is 7.06. The molecule has 15 heavy (non-hydrogen) atoms. The van der Waals surface area contributed by atoms with Gasteiger partial charge in [0.1, 0.15) is 6.04 Å². The van der Waals surface area contributed by atoms with Gasteiger partial charge >= 0.3 is 5.97 Å². The summed E-state index contributed by atoms with van der Waals surface area (Å²) in [4.78, 5) is 10.9. The lowest BCUT2D eigenvalue weighted by Crippen LogP contribution is -2.28. The van der Waals surface area contributed by atoms with E-state index in [2.05, 4.69) is 21.2 Å². The van der Waals surface area contributed by atoms with Crippen molar-refractivity contribution in [3.63, 3.8) is 0 Å². The first-order valence-corrected chi connectivity index (χ1v) is 5.60. The predicted octanol–water partition coefficient (Wildman–Crippen LogP) is 3.03. The SMILES string of the molecule is CCC(Nc1cccc(Br)c1C)C(=O)O. The number of anilines is 1. The fraction of sp³-hybridized carbons (Fsp3) is 0.364. The van der Waals surface area contributed by atoms with E-state index in [0.29, 0.717) is 6.42 Å². The largest absolute Gasteiger partial charge is 0.480 e. The minimum absolute atomic E-state index is 0.530. The van der Waals surface area contributed by atoms with Crippen molar-refractivity contribution in [2.75, 3.05) is 5.32 Å². The second-order valence-corrected chi connectivity index (χ2v) is 4.21. The van der Waals surface area contributed by atoms with E-state index in [-0.39, 0.29) is 0 Å². The van der Waals surface area contributed by atoms with Gasteiger partial charge in [-0.1, -0.05) is 28.9 Å². The van der Waals surface area contributed by atoms with Gasteiger partial charge in [-0.15, -0.1) is 0 Å². The number of hydrogen-bond donors (Lipinski definition) is 2. The summed E-state index contributed by atoms with van der Waals surface area (Å²) in [7, 11) is 0. The Balaban J connectivity index is 2.88. The van der Waals surface area contributed by atoms with Crippen LogP contribution in [0.2, 0.25) is 0 Å². The normalized spacial score (nSPS) is 12.2. The molecule has 3 nitrogen and oxygen atoms in total. The standard InChI is InChI=1S/C11H14BrNO2/c1-3-9(11(14)15)13-10-6-4-5-8(12)7(10)2/h4-6,9,13H,3H2,1-2H3,(H,14,15). The van der Waals surface area contributed by atoms with Crippen LogP contribution < -0.4 is 5.32 Å². The average Bonchev–Trinajstić information content (AvgIpc) is 2.19. The molecule has 1 atom stereocenters. The molecule has 0 bridgehead atoms. The number of nitrogens with one attached hydrogen (secondary N) is 1. The van der Waals surface area contributed by atoms with E-state index in [1.165, 1.54) is 0 Å². The maximum absolute atomic E-state index is 10.9. The Morgan fingerprint density at radius 1 is 1.60 bits per heavy atom. The molecule has 0 aliphatic heterocycles. The highest BCUT2D eigenvalue weighted by Gasteiger charge is 2.15. The molecule has 0 spiro atoms. The molecule has 1 rings (SSSR count). The molecule has 4 heteroatoms. The Morgan fingerprint density at radius 3 is 2.80 bits per heavy atom. The van der Waals surface area contributed by atoms with E-state index in [1.807, 2.05) is 32.0 Å². The Bertz CT molecular complexity index is 366. The number of halogens is 1. The Labute approximate surface area is 97.6 Å². The van der Waals surface area contributed by atoms with Gasteiger partial charge in [0.05, 0.1) is 0 Å². The van der Waals surface area contributed by atoms with Gasteiger partial charge in [-0.2, -0.15) is 0 Å². The monoisotopic (exact) mass is 271 g/mol. The third-order valence-electron chi connectivity index (χ3n) is 2.30. The molecular formula is C11H14BrNO2. The summed E-state index contributed by atoms with van der Waals surface area (Å²) in [6, 6.07) is 5.17. The number of carbonyl (C=O) groups is 1. The summed E-state index contributed by atoms with van der Waals surface area (Å²) in [5.41, 5.74) is 1.89. The fourth-order valence-electron chi connectivity index (χ4n) is 1.29. The van der Waals surface area contributed by atoms with Crippen LogP contribution in [0.3, 0.4) is 0 Å². The van der Waals surface area contributed by atoms with E-state index in [1.54, 1.807) is 0 Å². The quantitative estimate of drug-likeness (QED) is 0.885. The van der Waals surface area contributed by atoms with Crippen molar-refractivity contribution >= 4 is 27.6 Å². The second-order valence-electron chi connectivity index (χ2n) is 3.36. The van der Waals surface area contributed by atoms with Gasteiger partial charge in [0.15, 0.2) is 0 Å². The lowest BCUT2D eigenvalue weighted by atomic mass is 10.1. The topological polar surface area (TPSA) is 49.3 Å². The molecule has 0 saturated heterocycles. The van der Waals surface area contributed by atoms with Crippen molar-refractivity contribution in [1.82, 2.24) is 0 Å². The van der Waals surface area contributed by atoms with E-state index in [0.717, 1.165) is 15.7 Å². The summed E-state index contributed by atoms with van der Waals surface area (Å²) in [6.07, 6.45) is 0.557. The number of rotatable bonds is 4. The second kappa shape index (κ2) is 5.16.